The van der Waals surface area contributed by atoms with Crippen molar-refractivity contribution in [2.45, 2.75) is 46.4 Å². The molecular formula is C18H33N2O6Pd-. The number of carboxylic acids is 1. The third-order valence-corrected chi connectivity index (χ3v) is 3.36. The van der Waals surface area contributed by atoms with Crippen LogP contribution in [0.15, 0.2) is 30.3 Å². The summed E-state index contributed by atoms with van der Waals surface area (Å²) < 4.78 is 5.08. The Morgan fingerprint density at radius 3 is 1.74 bits per heavy atom. The summed E-state index contributed by atoms with van der Waals surface area (Å²) >= 11 is 0. The van der Waals surface area contributed by atoms with Crippen LogP contribution in [0.4, 0.5) is 0 Å². The summed E-state index contributed by atoms with van der Waals surface area (Å²) in [5.41, 5.74) is 4.59. The Hall–Kier alpha value is -1.34. The zero-order chi connectivity index (χ0) is 19.4. The number of hydroxylamine groups is 2. The number of hydrogen-bond donors (Lipinski definition) is 5. The number of benzene rings is 1. The molecule has 8 nitrogen and oxygen atoms in total. The van der Waals surface area contributed by atoms with E-state index in [0.29, 0.717) is 0 Å². The fourth-order valence-corrected chi connectivity index (χ4v) is 1.78. The first-order chi connectivity index (χ1) is 11.7. The quantitative estimate of drug-likeness (QED) is 0.166. The van der Waals surface area contributed by atoms with Gasteiger partial charge in [-0.2, -0.15) is 11.0 Å². The van der Waals surface area contributed by atoms with E-state index in [-0.39, 0.29) is 47.7 Å². The Balaban J connectivity index is -0.000000211. The van der Waals surface area contributed by atoms with Gasteiger partial charge >= 0.3 is 11.9 Å². The van der Waals surface area contributed by atoms with Crippen LogP contribution in [0.1, 0.15) is 34.7 Å². The van der Waals surface area contributed by atoms with Crippen molar-refractivity contribution in [2.75, 3.05) is 0 Å². The van der Waals surface area contributed by atoms with E-state index in [2.05, 4.69) is 0 Å². The molecule has 0 radical (unpaired) electrons. The van der Waals surface area contributed by atoms with Crippen LogP contribution in [0, 0.1) is 19.3 Å². The van der Waals surface area contributed by atoms with E-state index in [1.165, 1.54) is 0 Å². The molecule has 0 saturated carbocycles. The summed E-state index contributed by atoms with van der Waals surface area (Å²) in [6.45, 7) is 7.31. The second kappa shape index (κ2) is 16.8. The molecule has 27 heavy (non-hydrogen) atoms. The van der Waals surface area contributed by atoms with E-state index in [4.69, 9.17) is 20.3 Å². The number of carboxylic acid groups (broad SMARTS) is 1. The SMILES string of the molecule is CC(C)[C@H](NO)C(=O)O.CC(C)[C@H](NO)C(=O)OCc1ccccc1.[CH3-].[HH].[Pd]. The van der Waals surface area contributed by atoms with Crippen molar-refractivity contribution < 1.29 is 51.7 Å². The minimum absolute atomic E-state index is 0. The molecule has 0 aliphatic carbocycles. The summed E-state index contributed by atoms with van der Waals surface area (Å²) in [7, 11) is 0. The van der Waals surface area contributed by atoms with E-state index in [1.807, 2.05) is 49.7 Å². The largest absolute Gasteiger partial charge is 0.480 e. The topological polar surface area (TPSA) is 128 Å². The zero-order valence-electron chi connectivity index (χ0n) is 16.3. The minimum Gasteiger partial charge on any atom is -0.480 e. The first-order valence-corrected chi connectivity index (χ1v) is 7.97. The Morgan fingerprint density at radius 1 is 1.00 bits per heavy atom. The molecule has 0 unspecified atom stereocenters. The Labute approximate surface area is 176 Å². The summed E-state index contributed by atoms with van der Waals surface area (Å²) in [5, 5.41) is 25.4. The molecule has 162 valence electrons. The van der Waals surface area contributed by atoms with Gasteiger partial charge in [0.15, 0.2) is 0 Å². The maximum Gasteiger partial charge on any atom is 0.326 e. The molecule has 0 heterocycles. The number of carbonyl (C=O) groups is 2. The first-order valence-electron chi connectivity index (χ1n) is 7.97. The molecule has 2 atom stereocenters. The van der Waals surface area contributed by atoms with Gasteiger partial charge in [-0.05, 0) is 17.4 Å². The maximum absolute atomic E-state index is 11.5. The van der Waals surface area contributed by atoms with E-state index in [0.717, 1.165) is 5.56 Å². The second-order valence-corrected chi connectivity index (χ2v) is 6.13. The summed E-state index contributed by atoms with van der Waals surface area (Å²) in [5.74, 6) is -1.60. The van der Waals surface area contributed by atoms with E-state index < -0.39 is 24.0 Å². The van der Waals surface area contributed by atoms with Gasteiger partial charge in [0.1, 0.15) is 18.7 Å². The summed E-state index contributed by atoms with van der Waals surface area (Å²) in [6.07, 6.45) is 0. The average molecular weight is 480 g/mol. The summed E-state index contributed by atoms with van der Waals surface area (Å²) in [4.78, 5) is 21.7. The first kappa shape index (κ1) is 30.4. The Kier molecular flexibility index (Phi) is 18.9. The van der Waals surface area contributed by atoms with E-state index in [1.54, 1.807) is 19.3 Å². The Bertz CT molecular complexity index is 520. The maximum atomic E-state index is 11.5. The van der Waals surface area contributed by atoms with Gasteiger partial charge < -0.3 is 27.7 Å². The van der Waals surface area contributed by atoms with Crippen molar-refractivity contribution in [1.82, 2.24) is 11.0 Å². The number of carbonyl (C=O) groups excluding carboxylic acids is 1. The van der Waals surface area contributed by atoms with Gasteiger partial charge in [-0.1, -0.05) is 58.0 Å². The predicted molar refractivity (Wildman–Crippen MR) is 99.5 cm³/mol. The fourth-order valence-electron chi connectivity index (χ4n) is 1.78. The van der Waals surface area contributed by atoms with Crippen molar-refractivity contribution in [3.05, 3.63) is 43.3 Å². The molecule has 1 aromatic carbocycles. The van der Waals surface area contributed by atoms with Gasteiger partial charge in [-0.3, -0.25) is 9.59 Å². The molecule has 0 aromatic heterocycles. The monoisotopic (exact) mass is 479 g/mol. The second-order valence-electron chi connectivity index (χ2n) is 6.13. The zero-order valence-corrected chi connectivity index (χ0v) is 17.8. The predicted octanol–water partition coefficient (Wildman–Crippen LogP) is 2.50. The molecule has 5 N–H and O–H groups in total. The third kappa shape index (κ3) is 12.6. The van der Waals surface area contributed by atoms with Crippen LogP contribution in [0.3, 0.4) is 0 Å². The number of esters is 1. The molecule has 9 heteroatoms. The van der Waals surface area contributed by atoms with Crippen molar-refractivity contribution in [1.29, 1.82) is 0 Å². The van der Waals surface area contributed by atoms with Crippen LogP contribution < -0.4 is 11.0 Å². The number of rotatable bonds is 8. The van der Waals surface area contributed by atoms with Gasteiger partial charge in [-0.25, -0.2) is 0 Å². The normalized spacial score (nSPS) is 12.0. The average Bonchev–Trinajstić information content (AvgIpc) is 2.54. The molecule has 0 amide bonds. The van der Waals surface area contributed by atoms with Crippen molar-refractivity contribution in [3.63, 3.8) is 0 Å². The number of nitrogens with one attached hydrogen (secondary N) is 2. The van der Waals surface area contributed by atoms with Crippen LogP contribution in [0.2, 0.25) is 0 Å². The van der Waals surface area contributed by atoms with Crippen LogP contribution in [-0.4, -0.2) is 39.5 Å². The molecule has 0 fully saturated rings. The van der Waals surface area contributed by atoms with Crippen molar-refractivity contribution in [2.24, 2.45) is 11.8 Å². The van der Waals surface area contributed by atoms with Gasteiger partial charge in [0.05, 0.1) is 0 Å². The number of ether oxygens (including phenoxy) is 1. The molecule has 1 aromatic rings. The molecule has 1 rings (SSSR count). The molecule has 0 aliphatic heterocycles. The Morgan fingerprint density at radius 2 is 1.44 bits per heavy atom. The van der Waals surface area contributed by atoms with Crippen LogP contribution in [0.5, 0.6) is 0 Å². The van der Waals surface area contributed by atoms with Gasteiger partial charge in [0, 0.05) is 21.8 Å². The molecule has 0 bridgehead atoms. The van der Waals surface area contributed by atoms with E-state index in [9.17, 15) is 9.59 Å². The fraction of sp³-hybridized carbons (Fsp3) is 0.500. The molecule has 0 spiro atoms. The smallest absolute Gasteiger partial charge is 0.326 e. The van der Waals surface area contributed by atoms with Crippen LogP contribution >= 0.6 is 0 Å². The summed E-state index contributed by atoms with van der Waals surface area (Å²) in [6, 6.07) is 7.89. The molecule has 0 saturated heterocycles. The number of hydrogen-bond acceptors (Lipinski definition) is 7. The number of aliphatic carboxylic acids is 1. The van der Waals surface area contributed by atoms with E-state index >= 15 is 0 Å². The van der Waals surface area contributed by atoms with Gasteiger partial charge in [0.2, 0.25) is 0 Å². The minimum atomic E-state index is -1.03. The van der Waals surface area contributed by atoms with Crippen LogP contribution in [-0.2, 0) is 41.4 Å². The third-order valence-electron chi connectivity index (χ3n) is 3.36. The molecule has 0 aliphatic rings. The standard InChI is InChI=1S/C12H17NO3.C5H11NO3.CH3.Pd.H2/c1-9(2)11(13-15)12(14)16-8-10-6-4-3-5-7-10;1-3(2)4(6-9)5(7)8;;;/h3-7,9,11,13,15H,8H2,1-2H3;3-4,6,9H,1-2H3,(H,7,8);1H3;;1H/q;;-1;;/t11-;4-;;;/m00.../s1. The molecular weight excluding hydrogens is 447 g/mol. The van der Waals surface area contributed by atoms with Crippen molar-refractivity contribution in [3.8, 4) is 0 Å². The van der Waals surface area contributed by atoms with Crippen molar-refractivity contribution >= 4 is 11.9 Å². The van der Waals surface area contributed by atoms with Gasteiger partial charge in [0.25, 0.3) is 0 Å². The van der Waals surface area contributed by atoms with Gasteiger partial charge in [-0.15, -0.1) is 0 Å². The van der Waals surface area contributed by atoms with Crippen LogP contribution in [0.25, 0.3) is 0 Å².